The van der Waals surface area contributed by atoms with E-state index in [-0.39, 0.29) is 0 Å². The average molecular weight is 501 g/mol. The number of primary amides is 1. The van der Waals surface area contributed by atoms with Gasteiger partial charge in [0.2, 0.25) is 0 Å². The van der Waals surface area contributed by atoms with E-state index in [1.807, 2.05) is 42.6 Å². The fraction of sp³-hybridized carbons (Fsp3) is 0.125. The third-order valence-electron chi connectivity index (χ3n) is 7.00. The Bertz CT molecular complexity index is 1820. The van der Waals surface area contributed by atoms with Gasteiger partial charge in [-0.3, -0.25) is 9.78 Å². The summed E-state index contributed by atoms with van der Waals surface area (Å²) in [6.45, 7) is 2.27. The van der Waals surface area contributed by atoms with Gasteiger partial charge >= 0.3 is 0 Å². The highest BCUT2D eigenvalue weighted by Gasteiger charge is 2.18. The molecule has 1 unspecified atom stereocenters. The number of anilines is 1. The monoisotopic (exact) mass is 500 g/mol. The predicted octanol–water partition coefficient (Wildman–Crippen LogP) is 6.28. The molecule has 4 N–H and O–H groups in total. The average Bonchev–Trinajstić information content (AvgIpc) is 3.27. The van der Waals surface area contributed by atoms with Gasteiger partial charge in [-0.05, 0) is 61.4 Å². The molecule has 2 heterocycles. The Balaban J connectivity index is 1.57. The Kier molecular flexibility index (Phi) is 6.02. The summed E-state index contributed by atoms with van der Waals surface area (Å²) < 4.78 is 2.22. The van der Waals surface area contributed by atoms with E-state index in [9.17, 15) is 9.90 Å². The number of rotatable bonds is 7. The van der Waals surface area contributed by atoms with Gasteiger partial charge in [0.05, 0.1) is 28.2 Å². The van der Waals surface area contributed by atoms with Crippen LogP contribution < -0.4 is 11.1 Å². The Morgan fingerprint density at radius 3 is 2.61 bits per heavy atom. The van der Waals surface area contributed by atoms with Crippen LogP contribution in [0, 0.1) is 0 Å². The maximum Gasteiger partial charge on any atom is 0.250 e. The first-order valence-electron chi connectivity index (χ1n) is 12.7. The van der Waals surface area contributed by atoms with Crippen molar-refractivity contribution in [3.8, 4) is 16.8 Å². The van der Waals surface area contributed by atoms with Gasteiger partial charge in [0, 0.05) is 45.8 Å². The standard InChI is InChI=1S/C32H28N4O2/c1-20(37)15-16-34-28-18-23(13-14-25(28)32(33)38)36-29-11-5-3-8-26(29)31-24(9-6-12-30(31)36)22-17-21-7-2-4-10-27(21)35-19-22/h2-14,17-20,34,37H,15-16H2,1H3,(H2,33,38). The van der Waals surface area contributed by atoms with Crippen LogP contribution in [0.2, 0.25) is 0 Å². The smallest absolute Gasteiger partial charge is 0.250 e. The van der Waals surface area contributed by atoms with E-state index in [1.165, 1.54) is 0 Å². The third kappa shape index (κ3) is 4.15. The van der Waals surface area contributed by atoms with Gasteiger partial charge in [0.25, 0.3) is 5.91 Å². The van der Waals surface area contributed by atoms with E-state index in [2.05, 4.69) is 58.4 Å². The van der Waals surface area contributed by atoms with Crippen LogP contribution >= 0.6 is 0 Å². The summed E-state index contributed by atoms with van der Waals surface area (Å²) in [4.78, 5) is 16.9. The summed E-state index contributed by atoms with van der Waals surface area (Å²) in [6, 6.07) is 30.7. The van der Waals surface area contributed by atoms with Crippen molar-refractivity contribution in [3.63, 3.8) is 0 Å². The Morgan fingerprint density at radius 1 is 0.974 bits per heavy atom. The molecule has 0 saturated carbocycles. The number of para-hydroxylation sites is 2. The quantitative estimate of drug-likeness (QED) is 0.240. The van der Waals surface area contributed by atoms with Gasteiger partial charge in [0.1, 0.15) is 0 Å². The fourth-order valence-corrected chi connectivity index (χ4v) is 5.20. The van der Waals surface area contributed by atoms with Crippen molar-refractivity contribution in [2.45, 2.75) is 19.4 Å². The van der Waals surface area contributed by atoms with E-state index in [0.717, 1.165) is 49.5 Å². The predicted molar refractivity (Wildman–Crippen MR) is 155 cm³/mol. The van der Waals surface area contributed by atoms with Crippen molar-refractivity contribution < 1.29 is 9.90 Å². The molecular formula is C32H28N4O2. The van der Waals surface area contributed by atoms with Crippen molar-refractivity contribution in [2.24, 2.45) is 5.73 Å². The summed E-state index contributed by atoms with van der Waals surface area (Å²) in [6.07, 6.45) is 2.05. The largest absolute Gasteiger partial charge is 0.393 e. The molecule has 0 aliphatic carbocycles. The molecule has 0 saturated heterocycles. The molecule has 0 aliphatic rings. The number of amides is 1. The lowest BCUT2D eigenvalue weighted by Crippen LogP contribution is -2.17. The molecule has 6 nitrogen and oxygen atoms in total. The number of hydrogen-bond donors (Lipinski definition) is 3. The molecule has 4 aromatic carbocycles. The number of aliphatic hydroxyl groups excluding tert-OH is 1. The van der Waals surface area contributed by atoms with E-state index in [4.69, 9.17) is 10.7 Å². The van der Waals surface area contributed by atoms with Crippen molar-refractivity contribution in [2.75, 3.05) is 11.9 Å². The Labute approximate surface area is 220 Å². The lowest BCUT2D eigenvalue weighted by molar-refractivity contribution is 0.100. The van der Waals surface area contributed by atoms with Gasteiger partial charge < -0.3 is 20.7 Å². The van der Waals surface area contributed by atoms with Crippen molar-refractivity contribution in [1.82, 2.24) is 9.55 Å². The molecule has 0 aliphatic heterocycles. The number of carbonyl (C=O) groups excluding carboxylic acids is 1. The molecule has 38 heavy (non-hydrogen) atoms. The first-order valence-corrected chi connectivity index (χ1v) is 12.7. The molecule has 2 aromatic heterocycles. The molecule has 0 fully saturated rings. The van der Waals surface area contributed by atoms with Crippen LogP contribution in [0.1, 0.15) is 23.7 Å². The van der Waals surface area contributed by atoms with E-state index >= 15 is 0 Å². The zero-order chi connectivity index (χ0) is 26.2. The van der Waals surface area contributed by atoms with Crippen molar-refractivity contribution in [1.29, 1.82) is 0 Å². The lowest BCUT2D eigenvalue weighted by atomic mass is 9.99. The minimum Gasteiger partial charge on any atom is -0.393 e. The second-order valence-corrected chi connectivity index (χ2v) is 9.63. The Hall–Kier alpha value is -4.68. The van der Waals surface area contributed by atoms with Crippen LogP contribution in [0.3, 0.4) is 0 Å². The third-order valence-corrected chi connectivity index (χ3v) is 7.00. The molecule has 0 bridgehead atoms. The van der Waals surface area contributed by atoms with E-state index in [0.29, 0.717) is 24.2 Å². The highest BCUT2D eigenvalue weighted by molar-refractivity contribution is 6.16. The van der Waals surface area contributed by atoms with Gasteiger partial charge in [-0.15, -0.1) is 0 Å². The molecule has 6 rings (SSSR count). The number of fused-ring (bicyclic) bond motifs is 4. The first kappa shape index (κ1) is 23.7. The molecule has 1 amide bonds. The van der Waals surface area contributed by atoms with Crippen LogP contribution in [0.4, 0.5) is 5.69 Å². The molecule has 0 radical (unpaired) electrons. The van der Waals surface area contributed by atoms with Crippen LogP contribution in [-0.2, 0) is 0 Å². The number of pyridine rings is 1. The highest BCUT2D eigenvalue weighted by atomic mass is 16.3. The number of hydrogen-bond acceptors (Lipinski definition) is 4. The summed E-state index contributed by atoms with van der Waals surface area (Å²) in [5.74, 6) is -0.496. The summed E-state index contributed by atoms with van der Waals surface area (Å²) in [5, 5.41) is 16.4. The van der Waals surface area contributed by atoms with Crippen LogP contribution in [0.15, 0.2) is 97.2 Å². The number of nitrogens with two attached hydrogens (primary N) is 1. The Morgan fingerprint density at radius 2 is 1.76 bits per heavy atom. The summed E-state index contributed by atoms with van der Waals surface area (Å²) in [7, 11) is 0. The zero-order valence-electron chi connectivity index (χ0n) is 21.1. The SMILES string of the molecule is CC(O)CCNc1cc(-n2c3ccccc3c3c(-c4cnc5ccccc5c4)cccc32)ccc1C(N)=O. The van der Waals surface area contributed by atoms with Crippen molar-refractivity contribution in [3.05, 3.63) is 103 Å². The molecule has 6 heteroatoms. The number of aromatic nitrogens is 2. The van der Waals surface area contributed by atoms with Gasteiger partial charge in [-0.2, -0.15) is 0 Å². The summed E-state index contributed by atoms with van der Waals surface area (Å²) in [5.41, 5.74) is 12.9. The maximum atomic E-state index is 12.2. The number of nitrogens with one attached hydrogen (secondary N) is 1. The van der Waals surface area contributed by atoms with Crippen LogP contribution in [0.25, 0.3) is 49.5 Å². The second-order valence-electron chi connectivity index (χ2n) is 9.63. The van der Waals surface area contributed by atoms with Gasteiger partial charge in [-0.1, -0.05) is 48.5 Å². The van der Waals surface area contributed by atoms with Crippen molar-refractivity contribution >= 4 is 44.3 Å². The van der Waals surface area contributed by atoms with E-state index in [1.54, 1.807) is 13.0 Å². The lowest BCUT2D eigenvalue weighted by Gasteiger charge is -2.15. The minimum absolute atomic E-state index is 0.419. The topological polar surface area (TPSA) is 93.2 Å². The summed E-state index contributed by atoms with van der Waals surface area (Å²) >= 11 is 0. The molecule has 1 atom stereocenters. The second kappa shape index (κ2) is 9.65. The highest BCUT2D eigenvalue weighted by Crippen LogP contribution is 2.39. The molecule has 6 aromatic rings. The number of carbonyl (C=O) groups is 1. The number of nitrogens with zero attached hydrogens (tertiary/aromatic N) is 2. The van der Waals surface area contributed by atoms with Crippen LogP contribution in [-0.4, -0.2) is 33.2 Å². The van der Waals surface area contributed by atoms with E-state index < -0.39 is 12.0 Å². The number of aliphatic hydroxyl groups is 1. The zero-order valence-corrected chi connectivity index (χ0v) is 21.1. The van der Waals surface area contributed by atoms with Gasteiger partial charge in [0.15, 0.2) is 0 Å². The van der Waals surface area contributed by atoms with Crippen LogP contribution in [0.5, 0.6) is 0 Å². The first-order chi connectivity index (χ1) is 18.5. The normalized spacial score (nSPS) is 12.3. The maximum absolute atomic E-state index is 12.2. The molecular weight excluding hydrogens is 472 g/mol. The van der Waals surface area contributed by atoms with Gasteiger partial charge in [-0.25, -0.2) is 0 Å². The number of benzene rings is 4. The minimum atomic E-state index is -0.496. The molecule has 0 spiro atoms. The fourth-order valence-electron chi connectivity index (χ4n) is 5.20. The molecule has 188 valence electrons.